The topological polar surface area (TPSA) is 64.6 Å². The zero-order valence-electron chi connectivity index (χ0n) is 49.1. The third-order valence-corrected chi connectivity index (χ3v) is 15.7. The molecule has 0 bridgehead atoms. The van der Waals surface area contributed by atoms with Gasteiger partial charge in [0.1, 0.15) is 40.2 Å². The Hall–Kier alpha value is -9.46. The maximum atomic E-state index is 5.54. The lowest BCUT2D eigenvalue weighted by atomic mass is 9.67. The van der Waals surface area contributed by atoms with Crippen molar-refractivity contribution in [3.63, 3.8) is 0 Å². The van der Waals surface area contributed by atoms with Crippen LogP contribution < -0.4 is 33.2 Å². The summed E-state index contributed by atoms with van der Waals surface area (Å²) in [6, 6.07) is 64.9. The molecule has 8 aromatic carbocycles. The summed E-state index contributed by atoms with van der Waals surface area (Å²) in [4.78, 5) is 0. The summed E-state index contributed by atoms with van der Waals surface area (Å²) in [6.45, 7) is 39.4. The quantitative estimate of drug-likeness (QED) is 0.0453. The summed E-state index contributed by atoms with van der Waals surface area (Å²) < 4.78 is 38.4. The average molecular weight is 1100 g/mol. The van der Waals surface area contributed by atoms with Crippen LogP contribution in [0.25, 0.3) is 0 Å². The summed E-state index contributed by atoms with van der Waals surface area (Å²) in [5, 5.41) is 0. The van der Waals surface area contributed by atoms with Crippen LogP contribution in [0.5, 0.6) is 40.2 Å². The second-order valence-electron chi connectivity index (χ2n) is 21.7. The zero-order valence-corrected chi connectivity index (χ0v) is 49.1. The molecule has 83 heavy (non-hydrogen) atoms. The molecule has 0 heterocycles. The Bertz CT molecular complexity index is 3110. The van der Waals surface area contributed by atoms with E-state index < -0.39 is 0 Å². The molecule has 0 unspecified atom stereocenters. The number of aryl methyl sites for hydroxylation is 2. The second kappa shape index (κ2) is 28.3. The van der Waals surface area contributed by atoms with Crippen molar-refractivity contribution >= 4 is 0 Å². The predicted molar refractivity (Wildman–Crippen MR) is 341 cm³/mol. The standard InChI is InChI=1S/C39H42O3.C37H36O4/c1-10-40-34-19-13-28(14-20-34)37(4,5)31-25-32(38(6,7)29-15-21-35(22-16-29)41-11-2)27-33(26-31)39(8,9)30-17-23-36(24-18-30)42-12-3;1-5-38-33-17-9-29(10-18-33)25-27-37(31-13-21-35(22-14-31)40-7-3,32-15-23-36(24-16-32)41-8-4)28-26-30-11-19-34(20-12-30)39-6-2/h10-27H,1-3H2,4-9H3;5-24H,1-4,25-28H2. The minimum Gasteiger partial charge on any atom is -0.466 e. The second-order valence-corrected chi connectivity index (χ2v) is 21.7. The van der Waals surface area contributed by atoms with E-state index in [1.807, 2.05) is 84.9 Å². The summed E-state index contributed by atoms with van der Waals surface area (Å²) in [6.07, 6.45) is 13.6. The van der Waals surface area contributed by atoms with Crippen LogP contribution in [-0.4, -0.2) is 0 Å². The van der Waals surface area contributed by atoms with Crippen LogP contribution in [0.15, 0.2) is 278 Å². The van der Waals surface area contributed by atoms with Crippen molar-refractivity contribution in [2.45, 2.75) is 88.9 Å². The zero-order chi connectivity index (χ0) is 59.5. The van der Waals surface area contributed by atoms with E-state index in [-0.39, 0.29) is 21.7 Å². The van der Waals surface area contributed by atoms with Crippen molar-refractivity contribution in [2.75, 3.05) is 0 Å². The number of hydrogen-bond donors (Lipinski definition) is 0. The van der Waals surface area contributed by atoms with E-state index in [4.69, 9.17) is 33.2 Å². The first-order valence-corrected chi connectivity index (χ1v) is 27.8. The van der Waals surface area contributed by atoms with Gasteiger partial charge in [0.25, 0.3) is 0 Å². The van der Waals surface area contributed by atoms with Crippen molar-refractivity contribution in [3.8, 4) is 40.2 Å². The molecule has 0 atom stereocenters. The molecule has 0 aromatic heterocycles. The highest BCUT2D eigenvalue weighted by atomic mass is 16.5. The van der Waals surface area contributed by atoms with E-state index in [2.05, 4.69) is 191 Å². The first-order chi connectivity index (χ1) is 40.0. The minimum atomic E-state index is -0.300. The first kappa shape index (κ1) is 61.2. The lowest BCUT2D eigenvalue weighted by molar-refractivity contribution is 0.432. The van der Waals surface area contributed by atoms with E-state index in [1.165, 1.54) is 99.5 Å². The molecule has 8 aromatic rings. The number of benzene rings is 8. The van der Waals surface area contributed by atoms with Crippen molar-refractivity contribution in [2.24, 2.45) is 0 Å². The molecule has 424 valence electrons. The van der Waals surface area contributed by atoms with Crippen LogP contribution in [-0.2, 0) is 34.5 Å². The van der Waals surface area contributed by atoms with Crippen LogP contribution in [0.4, 0.5) is 0 Å². The molecule has 0 aliphatic heterocycles. The smallest absolute Gasteiger partial charge is 0.126 e. The SMILES string of the molecule is C=COc1ccc(C(C)(C)c2cc(C(C)(C)c3ccc(OC=C)cc3)cc(C(C)(C)c3ccc(OC=C)cc3)c2)cc1.C=COc1ccc(CCC(CCc2ccc(OC=C)cc2)(c2ccc(OC=C)cc2)c2ccc(OC=C)cc2)cc1. The van der Waals surface area contributed by atoms with E-state index in [9.17, 15) is 0 Å². The molecular weight excluding hydrogens is 1020 g/mol. The van der Waals surface area contributed by atoms with Gasteiger partial charge in [-0.05, 0) is 166 Å². The predicted octanol–water partition coefficient (Wildman–Crippen LogP) is 19.6. The van der Waals surface area contributed by atoms with Crippen LogP contribution in [0.3, 0.4) is 0 Å². The van der Waals surface area contributed by atoms with E-state index in [0.717, 1.165) is 65.9 Å². The Kier molecular flexibility index (Phi) is 20.9. The molecule has 7 heteroatoms. The van der Waals surface area contributed by atoms with Crippen LogP contribution in [0, 0.1) is 0 Å². The van der Waals surface area contributed by atoms with Crippen molar-refractivity contribution < 1.29 is 33.2 Å². The maximum Gasteiger partial charge on any atom is 0.126 e. The molecule has 0 spiro atoms. The summed E-state index contributed by atoms with van der Waals surface area (Å²) in [5.41, 5.74) is 11.1. The number of rotatable bonds is 28. The van der Waals surface area contributed by atoms with Crippen LogP contribution in [0.2, 0.25) is 0 Å². The molecule has 0 aliphatic rings. The van der Waals surface area contributed by atoms with Gasteiger partial charge < -0.3 is 33.2 Å². The van der Waals surface area contributed by atoms with Gasteiger partial charge in [-0.2, -0.15) is 0 Å². The molecule has 0 amide bonds. The van der Waals surface area contributed by atoms with Gasteiger partial charge in [-0.15, -0.1) is 0 Å². The Balaban J connectivity index is 0.000000239. The fourth-order valence-corrected chi connectivity index (χ4v) is 10.5. The summed E-state index contributed by atoms with van der Waals surface area (Å²) in [5.74, 6) is 5.37. The highest BCUT2D eigenvalue weighted by Gasteiger charge is 2.35. The van der Waals surface area contributed by atoms with E-state index in [0.29, 0.717) is 0 Å². The molecule has 0 radical (unpaired) electrons. The number of hydrogen-bond acceptors (Lipinski definition) is 7. The molecule has 7 nitrogen and oxygen atoms in total. The molecule has 0 fully saturated rings. The first-order valence-electron chi connectivity index (χ1n) is 27.8. The Morgan fingerprint density at radius 2 is 0.434 bits per heavy atom. The normalized spacial score (nSPS) is 11.3. The molecule has 0 N–H and O–H groups in total. The Morgan fingerprint density at radius 3 is 0.627 bits per heavy atom. The highest BCUT2D eigenvalue weighted by molar-refractivity contribution is 5.52. The highest BCUT2D eigenvalue weighted by Crippen LogP contribution is 2.45. The minimum absolute atomic E-state index is 0.271. The third kappa shape index (κ3) is 15.3. The Morgan fingerprint density at radius 1 is 0.253 bits per heavy atom. The van der Waals surface area contributed by atoms with E-state index in [1.54, 1.807) is 0 Å². The molecular formula is C76H78O7. The number of ether oxygens (including phenoxy) is 7. The van der Waals surface area contributed by atoms with Gasteiger partial charge in [0.15, 0.2) is 0 Å². The van der Waals surface area contributed by atoms with Gasteiger partial charge in [0.05, 0.1) is 43.8 Å². The molecule has 8 rings (SSSR count). The largest absolute Gasteiger partial charge is 0.466 e. The lowest BCUT2D eigenvalue weighted by Gasteiger charge is -2.36. The van der Waals surface area contributed by atoms with Gasteiger partial charge in [0.2, 0.25) is 0 Å². The summed E-state index contributed by atoms with van der Waals surface area (Å²) >= 11 is 0. The summed E-state index contributed by atoms with van der Waals surface area (Å²) in [7, 11) is 0. The molecule has 0 saturated heterocycles. The third-order valence-electron chi connectivity index (χ3n) is 15.7. The fraction of sp³-hybridized carbons (Fsp3) is 0.184. The van der Waals surface area contributed by atoms with Gasteiger partial charge in [0, 0.05) is 21.7 Å². The Labute approximate surface area is 493 Å². The molecule has 0 aliphatic carbocycles. The maximum absolute atomic E-state index is 5.54. The van der Waals surface area contributed by atoms with Crippen LogP contribution >= 0.6 is 0 Å². The lowest BCUT2D eigenvalue weighted by Crippen LogP contribution is -2.29. The van der Waals surface area contributed by atoms with Crippen molar-refractivity contribution in [1.82, 2.24) is 0 Å². The van der Waals surface area contributed by atoms with Crippen molar-refractivity contribution in [3.05, 3.63) is 334 Å². The monoisotopic (exact) mass is 1100 g/mol. The van der Waals surface area contributed by atoms with Crippen LogP contribution in [0.1, 0.15) is 110 Å². The van der Waals surface area contributed by atoms with Crippen molar-refractivity contribution in [1.29, 1.82) is 0 Å². The van der Waals surface area contributed by atoms with Gasteiger partial charge in [-0.3, -0.25) is 0 Å². The fourth-order valence-electron chi connectivity index (χ4n) is 10.5. The molecule has 0 saturated carbocycles. The van der Waals surface area contributed by atoms with Gasteiger partial charge in [-0.1, -0.05) is 191 Å². The van der Waals surface area contributed by atoms with Gasteiger partial charge in [-0.25, -0.2) is 0 Å². The average Bonchev–Trinajstić information content (AvgIpc) is 3.57. The van der Waals surface area contributed by atoms with Gasteiger partial charge >= 0.3 is 0 Å². The van der Waals surface area contributed by atoms with E-state index >= 15 is 0 Å².